The van der Waals surface area contributed by atoms with Crippen LogP contribution in [0.5, 0.6) is 11.5 Å². The van der Waals surface area contributed by atoms with Gasteiger partial charge in [-0.25, -0.2) is 0 Å². The number of nitrogens with zero attached hydrogens (tertiary/aromatic N) is 2. The molecule has 0 spiro atoms. The van der Waals surface area contributed by atoms with Crippen LogP contribution in [0.4, 0.5) is 11.4 Å². The summed E-state index contributed by atoms with van der Waals surface area (Å²) < 4.78 is 26.6. The predicted octanol–water partition coefficient (Wildman–Crippen LogP) is 7.65. The summed E-state index contributed by atoms with van der Waals surface area (Å²) in [5, 5.41) is 8.40. The first kappa shape index (κ1) is 22.7. The molecule has 152 valence electrons. The number of hydrogen-bond donors (Lipinski definition) is 0. The topological polar surface area (TPSA) is 69.5 Å². The van der Waals surface area contributed by atoms with E-state index in [0.717, 1.165) is 48.6 Å². The number of rotatable bonds is 12. The third kappa shape index (κ3) is 9.56. The van der Waals surface area contributed by atoms with E-state index in [2.05, 4.69) is 10.2 Å². The van der Waals surface area contributed by atoms with Crippen molar-refractivity contribution >= 4 is 39.9 Å². The number of ether oxygens (including phenoxy) is 2. The average molecular weight is 445 g/mol. The SMILES string of the molecule is COc1ccc(N=Nc2ccc(OCCCCCCOP(=O)(Cl)Cl)cc2)cc1. The van der Waals surface area contributed by atoms with Crippen LogP contribution in [0, 0.1) is 0 Å². The van der Waals surface area contributed by atoms with E-state index in [1.54, 1.807) is 7.11 Å². The van der Waals surface area contributed by atoms with Crippen molar-refractivity contribution < 1.29 is 18.6 Å². The molecule has 0 aliphatic heterocycles. The number of hydrogen-bond acceptors (Lipinski definition) is 6. The highest BCUT2D eigenvalue weighted by Crippen LogP contribution is 2.57. The fourth-order valence-electron chi connectivity index (χ4n) is 2.29. The largest absolute Gasteiger partial charge is 0.497 e. The van der Waals surface area contributed by atoms with Crippen LogP contribution in [-0.4, -0.2) is 20.3 Å². The Morgan fingerprint density at radius 2 is 1.29 bits per heavy atom. The maximum absolute atomic E-state index is 10.9. The zero-order valence-corrected chi connectivity index (χ0v) is 18.0. The van der Waals surface area contributed by atoms with E-state index >= 15 is 0 Å². The van der Waals surface area contributed by atoms with Gasteiger partial charge in [0.15, 0.2) is 0 Å². The van der Waals surface area contributed by atoms with Crippen molar-refractivity contribution in [2.45, 2.75) is 25.7 Å². The van der Waals surface area contributed by atoms with E-state index in [1.165, 1.54) is 0 Å². The van der Waals surface area contributed by atoms with E-state index in [9.17, 15) is 4.57 Å². The summed E-state index contributed by atoms with van der Waals surface area (Å²) >= 11 is 10.6. The lowest BCUT2D eigenvalue weighted by Gasteiger charge is -2.07. The molecule has 0 aliphatic rings. The van der Waals surface area contributed by atoms with Crippen molar-refractivity contribution in [2.75, 3.05) is 20.3 Å². The average Bonchev–Trinajstić information content (AvgIpc) is 2.69. The minimum atomic E-state index is -3.40. The molecule has 0 saturated heterocycles. The summed E-state index contributed by atoms with van der Waals surface area (Å²) in [5.74, 6) is 1.57. The summed E-state index contributed by atoms with van der Waals surface area (Å²) in [4.78, 5) is 0. The minimum Gasteiger partial charge on any atom is -0.497 e. The number of halogens is 2. The molecule has 6 nitrogen and oxygen atoms in total. The number of methoxy groups -OCH3 is 1. The van der Waals surface area contributed by atoms with Gasteiger partial charge in [-0.3, -0.25) is 4.57 Å². The van der Waals surface area contributed by atoms with Gasteiger partial charge in [0, 0.05) is 0 Å². The maximum Gasteiger partial charge on any atom is 0.380 e. The van der Waals surface area contributed by atoms with E-state index in [4.69, 9.17) is 36.5 Å². The highest BCUT2D eigenvalue weighted by atomic mass is 35.9. The molecule has 0 bridgehead atoms. The molecule has 0 aromatic heterocycles. The Morgan fingerprint density at radius 3 is 1.79 bits per heavy atom. The van der Waals surface area contributed by atoms with Crippen molar-refractivity contribution in [1.82, 2.24) is 0 Å². The van der Waals surface area contributed by atoms with Crippen molar-refractivity contribution in [3.8, 4) is 11.5 Å². The molecule has 2 aromatic rings. The molecule has 9 heteroatoms. The molecule has 0 radical (unpaired) electrons. The van der Waals surface area contributed by atoms with Gasteiger partial charge in [0.1, 0.15) is 11.5 Å². The normalized spacial score (nSPS) is 11.7. The molecule has 0 unspecified atom stereocenters. The molecule has 28 heavy (non-hydrogen) atoms. The first-order valence-corrected chi connectivity index (χ1v) is 12.3. The molecular formula is C19H23Cl2N2O4P. The van der Waals surface area contributed by atoms with Crippen molar-refractivity contribution in [2.24, 2.45) is 10.2 Å². The standard InChI is InChI=1S/C19H23Cl2N2O4P/c1-25-18-10-6-16(7-11-18)22-23-17-8-12-19(13-9-17)26-14-4-2-3-5-15-27-28(20,21)24/h6-13H,2-5,14-15H2,1H3. The Kier molecular flexibility index (Phi) is 9.79. The second-order valence-corrected chi connectivity index (χ2v) is 10.2. The van der Waals surface area contributed by atoms with Gasteiger partial charge in [0.25, 0.3) is 0 Å². The molecule has 2 aromatic carbocycles. The zero-order valence-electron chi connectivity index (χ0n) is 15.6. The summed E-state index contributed by atoms with van der Waals surface area (Å²) in [5.41, 5.74) is 1.51. The van der Waals surface area contributed by atoms with Gasteiger partial charge in [0.2, 0.25) is 0 Å². The summed E-state index contributed by atoms with van der Waals surface area (Å²) in [6.45, 7) is 0.925. The second kappa shape index (κ2) is 12.1. The summed E-state index contributed by atoms with van der Waals surface area (Å²) in [6, 6.07) is 14.8. The van der Waals surface area contributed by atoms with Gasteiger partial charge in [-0.15, -0.1) is 0 Å². The molecule has 0 heterocycles. The van der Waals surface area contributed by atoms with Gasteiger partial charge in [-0.2, -0.15) is 10.2 Å². The number of azo groups is 1. The Labute approximate surface area is 174 Å². The fourth-order valence-corrected chi connectivity index (χ4v) is 3.05. The predicted molar refractivity (Wildman–Crippen MR) is 113 cm³/mol. The van der Waals surface area contributed by atoms with Crippen LogP contribution in [0.1, 0.15) is 25.7 Å². The first-order chi connectivity index (χ1) is 13.5. The van der Waals surface area contributed by atoms with E-state index in [-0.39, 0.29) is 0 Å². The van der Waals surface area contributed by atoms with Gasteiger partial charge in [-0.05, 0) is 90.3 Å². The molecule has 0 amide bonds. The van der Waals surface area contributed by atoms with E-state index in [1.807, 2.05) is 48.5 Å². The van der Waals surface area contributed by atoms with E-state index in [0.29, 0.717) is 13.2 Å². The lowest BCUT2D eigenvalue weighted by atomic mass is 10.2. The monoisotopic (exact) mass is 444 g/mol. The summed E-state index contributed by atoms with van der Waals surface area (Å²) in [6.07, 6.45) is 0.190. The molecule has 0 N–H and O–H groups in total. The smallest absolute Gasteiger partial charge is 0.380 e. The Balaban J connectivity index is 1.64. The first-order valence-electron chi connectivity index (χ1n) is 8.89. The Hall–Kier alpha value is -1.59. The Morgan fingerprint density at radius 1 is 0.786 bits per heavy atom. The number of unbranched alkanes of at least 4 members (excludes halogenated alkanes) is 3. The quantitative estimate of drug-likeness (QED) is 0.191. The third-order valence-electron chi connectivity index (χ3n) is 3.74. The van der Waals surface area contributed by atoms with Gasteiger partial charge >= 0.3 is 6.07 Å². The molecule has 0 aliphatic carbocycles. The highest BCUT2D eigenvalue weighted by molar-refractivity contribution is 8.05. The molecule has 0 atom stereocenters. The van der Waals surface area contributed by atoms with Crippen LogP contribution in [0.15, 0.2) is 58.8 Å². The Bertz CT molecular complexity index is 780. The van der Waals surface area contributed by atoms with Crippen LogP contribution in [-0.2, 0) is 9.09 Å². The zero-order chi connectivity index (χ0) is 20.2. The second-order valence-electron chi connectivity index (χ2n) is 5.90. The van der Waals surface area contributed by atoms with Crippen molar-refractivity contribution in [3.05, 3.63) is 48.5 Å². The molecular weight excluding hydrogens is 422 g/mol. The lowest BCUT2D eigenvalue weighted by Crippen LogP contribution is -1.97. The van der Waals surface area contributed by atoms with E-state index < -0.39 is 6.07 Å². The van der Waals surface area contributed by atoms with Crippen LogP contribution in [0.2, 0.25) is 0 Å². The van der Waals surface area contributed by atoms with Crippen LogP contribution < -0.4 is 9.47 Å². The number of benzene rings is 2. The maximum atomic E-state index is 10.9. The van der Waals surface area contributed by atoms with Crippen molar-refractivity contribution in [1.29, 1.82) is 0 Å². The van der Waals surface area contributed by atoms with Crippen molar-refractivity contribution in [3.63, 3.8) is 0 Å². The van der Waals surface area contributed by atoms with Gasteiger partial charge in [0.05, 0.1) is 31.7 Å². The van der Waals surface area contributed by atoms with Gasteiger partial charge in [-0.1, -0.05) is 6.42 Å². The van der Waals surface area contributed by atoms with Crippen LogP contribution in [0.3, 0.4) is 0 Å². The molecule has 2 rings (SSSR count). The minimum absolute atomic E-state index is 0.303. The summed E-state index contributed by atoms with van der Waals surface area (Å²) in [7, 11) is 1.62. The molecule has 0 fully saturated rings. The van der Waals surface area contributed by atoms with Crippen LogP contribution >= 0.6 is 28.6 Å². The fraction of sp³-hybridized carbons (Fsp3) is 0.368. The van der Waals surface area contributed by atoms with Crippen LogP contribution in [0.25, 0.3) is 0 Å². The van der Waals surface area contributed by atoms with Gasteiger partial charge < -0.3 is 14.0 Å². The molecule has 0 saturated carbocycles. The third-order valence-corrected chi connectivity index (χ3v) is 4.81. The lowest BCUT2D eigenvalue weighted by molar-refractivity contribution is 0.293. The highest BCUT2D eigenvalue weighted by Gasteiger charge is 2.12.